The summed E-state index contributed by atoms with van der Waals surface area (Å²) in [5, 5.41) is 3.97. The highest BCUT2D eigenvalue weighted by atomic mass is 79.9. The molecule has 6 heteroatoms. The van der Waals surface area contributed by atoms with Crippen molar-refractivity contribution >= 4 is 28.1 Å². The fourth-order valence-corrected chi connectivity index (χ4v) is 2.47. The van der Waals surface area contributed by atoms with Gasteiger partial charge < -0.3 is 9.47 Å². The average Bonchev–Trinajstić information content (AvgIpc) is 2.60. The van der Waals surface area contributed by atoms with Crippen molar-refractivity contribution in [1.29, 1.82) is 0 Å². The summed E-state index contributed by atoms with van der Waals surface area (Å²) in [5.74, 6) is 1.21. The third kappa shape index (κ3) is 5.09. The van der Waals surface area contributed by atoms with Crippen molar-refractivity contribution in [3.8, 4) is 11.5 Å². The van der Waals surface area contributed by atoms with Crippen molar-refractivity contribution in [3.63, 3.8) is 0 Å². The Kier molecular flexibility index (Phi) is 6.81. The minimum atomic E-state index is -0.277. The number of hydrogen-bond acceptors (Lipinski definition) is 4. The van der Waals surface area contributed by atoms with Crippen molar-refractivity contribution in [2.24, 2.45) is 5.10 Å². The fourth-order valence-electron chi connectivity index (χ4n) is 1.92. The first-order valence-corrected chi connectivity index (χ1v) is 8.33. The van der Waals surface area contributed by atoms with E-state index in [-0.39, 0.29) is 5.91 Å². The molecule has 1 N–H and O–H groups in total. The van der Waals surface area contributed by atoms with Crippen LogP contribution in [0.4, 0.5) is 0 Å². The second-order valence-corrected chi connectivity index (χ2v) is 5.82. The van der Waals surface area contributed by atoms with Gasteiger partial charge in [-0.1, -0.05) is 6.92 Å². The number of nitrogens with one attached hydrogen (secondary N) is 1. The molecular formula is C18H19BrN2O3. The molecule has 0 saturated heterocycles. The maximum absolute atomic E-state index is 12.0. The number of benzene rings is 2. The number of carbonyl (C=O) groups excluding carboxylic acids is 1. The Morgan fingerprint density at radius 3 is 2.62 bits per heavy atom. The number of ether oxygens (including phenoxy) is 2. The number of halogens is 1. The van der Waals surface area contributed by atoms with E-state index in [1.165, 1.54) is 0 Å². The maximum Gasteiger partial charge on any atom is 0.271 e. The van der Waals surface area contributed by atoms with Crippen LogP contribution in [0, 0.1) is 0 Å². The lowest BCUT2D eigenvalue weighted by Crippen LogP contribution is -2.17. The van der Waals surface area contributed by atoms with Gasteiger partial charge in [0.05, 0.1) is 24.4 Å². The van der Waals surface area contributed by atoms with Crippen LogP contribution in [0.15, 0.2) is 52.0 Å². The molecule has 0 aromatic heterocycles. The molecule has 0 bridgehead atoms. The minimum absolute atomic E-state index is 0.277. The van der Waals surface area contributed by atoms with Crippen molar-refractivity contribution in [1.82, 2.24) is 5.43 Å². The van der Waals surface area contributed by atoms with E-state index >= 15 is 0 Å². The number of amides is 1. The lowest BCUT2D eigenvalue weighted by molar-refractivity contribution is 0.0955. The van der Waals surface area contributed by atoms with E-state index in [1.54, 1.807) is 37.6 Å². The molecular weight excluding hydrogens is 372 g/mol. The number of nitrogens with zero attached hydrogens (tertiary/aromatic N) is 1. The maximum atomic E-state index is 12.0. The number of hydrazone groups is 1. The van der Waals surface area contributed by atoms with E-state index in [0.717, 1.165) is 28.0 Å². The van der Waals surface area contributed by atoms with Crippen LogP contribution in [0.3, 0.4) is 0 Å². The molecule has 24 heavy (non-hydrogen) atoms. The van der Waals surface area contributed by atoms with Gasteiger partial charge in [-0.05, 0) is 70.4 Å². The highest BCUT2D eigenvalue weighted by Crippen LogP contribution is 2.24. The molecule has 0 fully saturated rings. The van der Waals surface area contributed by atoms with Gasteiger partial charge in [0.1, 0.15) is 11.5 Å². The van der Waals surface area contributed by atoms with Crippen LogP contribution in [0.2, 0.25) is 0 Å². The fraction of sp³-hybridized carbons (Fsp3) is 0.222. The number of methoxy groups -OCH3 is 1. The van der Waals surface area contributed by atoms with Crippen LogP contribution >= 0.6 is 15.9 Å². The second-order valence-electron chi connectivity index (χ2n) is 4.97. The predicted octanol–water partition coefficient (Wildman–Crippen LogP) is 4.01. The first-order chi connectivity index (χ1) is 11.6. The summed E-state index contributed by atoms with van der Waals surface area (Å²) in [6, 6.07) is 12.5. The van der Waals surface area contributed by atoms with E-state index in [4.69, 9.17) is 9.47 Å². The summed E-state index contributed by atoms with van der Waals surface area (Å²) < 4.78 is 11.5. The Morgan fingerprint density at radius 2 is 2.00 bits per heavy atom. The van der Waals surface area contributed by atoms with Crippen LogP contribution in [0.1, 0.15) is 29.3 Å². The smallest absolute Gasteiger partial charge is 0.271 e. The van der Waals surface area contributed by atoms with Crippen LogP contribution in [0.5, 0.6) is 11.5 Å². The predicted molar refractivity (Wildman–Crippen MR) is 98.0 cm³/mol. The molecule has 0 saturated carbocycles. The van der Waals surface area contributed by atoms with Gasteiger partial charge in [-0.15, -0.1) is 0 Å². The standard InChI is InChI=1S/C18H19BrN2O3/c1-3-10-24-15-7-5-14(6-8-15)18(22)21-20-12-13-4-9-17(23-2)16(19)11-13/h4-9,11-12H,3,10H2,1-2H3,(H,21,22)/b20-12-. The SMILES string of the molecule is CCCOc1ccc(C(=O)N/N=C\c2ccc(OC)c(Br)c2)cc1. The van der Waals surface area contributed by atoms with Gasteiger partial charge in [0, 0.05) is 5.56 Å². The summed E-state index contributed by atoms with van der Waals surface area (Å²) >= 11 is 3.40. The van der Waals surface area contributed by atoms with Crippen molar-refractivity contribution < 1.29 is 14.3 Å². The Balaban J connectivity index is 1.93. The molecule has 0 aliphatic heterocycles. The Hall–Kier alpha value is -2.34. The van der Waals surface area contributed by atoms with Crippen LogP contribution in [0.25, 0.3) is 0 Å². The summed E-state index contributed by atoms with van der Waals surface area (Å²) in [4.78, 5) is 12.0. The third-order valence-corrected chi connectivity index (χ3v) is 3.76. The largest absolute Gasteiger partial charge is 0.496 e. The molecule has 2 aromatic carbocycles. The molecule has 126 valence electrons. The van der Waals surface area contributed by atoms with E-state index in [1.807, 2.05) is 25.1 Å². The summed E-state index contributed by atoms with van der Waals surface area (Å²) in [5.41, 5.74) is 3.86. The molecule has 0 unspecified atom stereocenters. The zero-order valence-electron chi connectivity index (χ0n) is 13.6. The molecule has 1 amide bonds. The van der Waals surface area contributed by atoms with Crippen molar-refractivity contribution in [2.75, 3.05) is 13.7 Å². The molecule has 0 aliphatic rings. The average molecular weight is 391 g/mol. The third-order valence-electron chi connectivity index (χ3n) is 3.14. The van der Waals surface area contributed by atoms with Gasteiger partial charge in [0.25, 0.3) is 5.91 Å². The number of rotatable bonds is 7. The molecule has 0 heterocycles. The van der Waals surface area contributed by atoms with Crippen LogP contribution < -0.4 is 14.9 Å². The van der Waals surface area contributed by atoms with Crippen LogP contribution in [-0.4, -0.2) is 25.8 Å². The van der Waals surface area contributed by atoms with Gasteiger partial charge in [0.15, 0.2) is 0 Å². The van der Waals surface area contributed by atoms with E-state index in [2.05, 4.69) is 26.5 Å². The van der Waals surface area contributed by atoms with Gasteiger partial charge >= 0.3 is 0 Å². The van der Waals surface area contributed by atoms with Crippen molar-refractivity contribution in [2.45, 2.75) is 13.3 Å². The normalized spacial score (nSPS) is 10.6. The Bertz CT molecular complexity index is 715. The number of carbonyl (C=O) groups is 1. The Labute approximate surface area is 149 Å². The second kappa shape index (κ2) is 9.08. The molecule has 0 aliphatic carbocycles. The monoisotopic (exact) mass is 390 g/mol. The van der Waals surface area contributed by atoms with Gasteiger partial charge in [-0.2, -0.15) is 5.10 Å². The van der Waals surface area contributed by atoms with E-state index in [9.17, 15) is 4.79 Å². The molecule has 0 radical (unpaired) electrons. The summed E-state index contributed by atoms with van der Waals surface area (Å²) in [7, 11) is 1.60. The van der Waals surface area contributed by atoms with Crippen molar-refractivity contribution in [3.05, 3.63) is 58.1 Å². The topological polar surface area (TPSA) is 59.9 Å². The highest BCUT2D eigenvalue weighted by Gasteiger charge is 2.04. The molecule has 0 spiro atoms. The first-order valence-electron chi connectivity index (χ1n) is 7.54. The lowest BCUT2D eigenvalue weighted by atomic mass is 10.2. The molecule has 2 aromatic rings. The van der Waals surface area contributed by atoms with Gasteiger partial charge in [-0.3, -0.25) is 4.79 Å². The summed E-state index contributed by atoms with van der Waals surface area (Å²) in [6.45, 7) is 2.70. The highest BCUT2D eigenvalue weighted by molar-refractivity contribution is 9.10. The number of hydrogen-bond donors (Lipinski definition) is 1. The van der Waals surface area contributed by atoms with E-state index in [0.29, 0.717) is 12.2 Å². The molecule has 2 rings (SSSR count). The van der Waals surface area contributed by atoms with Crippen LogP contribution in [-0.2, 0) is 0 Å². The van der Waals surface area contributed by atoms with Gasteiger partial charge in [-0.25, -0.2) is 5.43 Å². The Morgan fingerprint density at radius 1 is 1.25 bits per heavy atom. The van der Waals surface area contributed by atoms with Gasteiger partial charge in [0.2, 0.25) is 0 Å². The lowest BCUT2D eigenvalue weighted by Gasteiger charge is -2.05. The zero-order chi connectivity index (χ0) is 17.4. The molecule has 0 atom stereocenters. The summed E-state index contributed by atoms with van der Waals surface area (Å²) in [6.07, 6.45) is 2.51. The quantitative estimate of drug-likeness (QED) is 0.573. The molecule has 5 nitrogen and oxygen atoms in total. The zero-order valence-corrected chi connectivity index (χ0v) is 15.2. The minimum Gasteiger partial charge on any atom is -0.496 e. The van der Waals surface area contributed by atoms with E-state index < -0.39 is 0 Å². The first kappa shape index (κ1) is 18.0.